The molecule has 3 rings (SSSR count). The van der Waals surface area contributed by atoms with Crippen LogP contribution in [-0.2, 0) is 11.2 Å². The lowest BCUT2D eigenvalue weighted by atomic mass is 9.96. The first kappa shape index (κ1) is 23.0. The van der Waals surface area contributed by atoms with Gasteiger partial charge in [0.25, 0.3) is 0 Å². The first-order valence-electron chi connectivity index (χ1n) is 11.2. The highest BCUT2D eigenvalue weighted by atomic mass is 16.5. The SMILES string of the molecule is COc1ccccc1CCN1CCCC(CN(C)C(=O)CCC(=O)c2ccccc2)C1. The minimum Gasteiger partial charge on any atom is -0.496 e. The van der Waals surface area contributed by atoms with Crippen LogP contribution in [0, 0.1) is 5.92 Å². The molecule has 0 N–H and O–H groups in total. The summed E-state index contributed by atoms with van der Waals surface area (Å²) in [4.78, 5) is 29.1. The van der Waals surface area contributed by atoms with E-state index in [1.807, 2.05) is 42.3 Å². The third-order valence-corrected chi connectivity index (χ3v) is 6.11. The fourth-order valence-corrected chi connectivity index (χ4v) is 4.36. The Morgan fingerprint density at radius 1 is 1.06 bits per heavy atom. The molecule has 2 aromatic carbocycles. The van der Waals surface area contributed by atoms with Gasteiger partial charge in [0.05, 0.1) is 7.11 Å². The van der Waals surface area contributed by atoms with Crippen LogP contribution < -0.4 is 4.74 Å². The average molecular weight is 423 g/mol. The van der Waals surface area contributed by atoms with Crippen molar-refractivity contribution in [3.8, 4) is 5.75 Å². The second kappa shape index (κ2) is 11.7. The standard InChI is InChI=1S/C26H34N2O3/c1-27(26(30)15-14-24(29)22-10-4-3-5-11-22)19-21-9-8-17-28(20-21)18-16-23-12-6-7-13-25(23)31-2/h3-7,10-13,21H,8-9,14-20H2,1-2H3. The van der Waals surface area contributed by atoms with E-state index in [1.54, 1.807) is 19.2 Å². The van der Waals surface area contributed by atoms with Crippen LogP contribution in [0.2, 0.25) is 0 Å². The number of carbonyl (C=O) groups excluding carboxylic acids is 2. The molecule has 1 amide bonds. The van der Waals surface area contributed by atoms with Gasteiger partial charge in [0.1, 0.15) is 5.75 Å². The lowest BCUT2D eigenvalue weighted by Crippen LogP contribution is -2.42. The molecule has 0 aliphatic carbocycles. The van der Waals surface area contributed by atoms with Crippen molar-refractivity contribution in [1.29, 1.82) is 0 Å². The summed E-state index contributed by atoms with van der Waals surface area (Å²) in [6.07, 6.45) is 3.81. The third-order valence-electron chi connectivity index (χ3n) is 6.11. The van der Waals surface area contributed by atoms with E-state index in [9.17, 15) is 9.59 Å². The van der Waals surface area contributed by atoms with Crippen LogP contribution in [0.15, 0.2) is 54.6 Å². The molecule has 1 fully saturated rings. The van der Waals surface area contributed by atoms with Gasteiger partial charge in [-0.3, -0.25) is 9.59 Å². The maximum absolute atomic E-state index is 12.6. The highest BCUT2D eigenvalue weighted by Crippen LogP contribution is 2.21. The molecule has 1 atom stereocenters. The zero-order valence-corrected chi connectivity index (χ0v) is 18.8. The summed E-state index contributed by atoms with van der Waals surface area (Å²) in [7, 11) is 3.58. The van der Waals surface area contributed by atoms with Gasteiger partial charge in [0.15, 0.2) is 5.78 Å². The summed E-state index contributed by atoms with van der Waals surface area (Å²) in [6, 6.07) is 17.4. The number of likely N-dealkylation sites (tertiary alicyclic amines) is 1. The lowest BCUT2D eigenvalue weighted by molar-refractivity contribution is -0.130. The molecule has 1 saturated heterocycles. The number of amides is 1. The molecular formula is C26H34N2O3. The van der Waals surface area contributed by atoms with Crippen LogP contribution in [0.4, 0.5) is 0 Å². The first-order valence-corrected chi connectivity index (χ1v) is 11.2. The van der Waals surface area contributed by atoms with Gasteiger partial charge in [0.2, 0.25) is 5.91 Å². The number of rotatable bonds is 10. The smallest absolute Gasteiger partial charge is 0.222 e. The maximum atomic E-state index is 12.6. The molecule has 5 nitrogen and oxygen atoms in total. The summed E-state index contributed by atoms with van der Waals surface area (Å²) in [5.41, 5.74) is 1.92. The van der Waals surface area contributed by atoms with E-state index in [0.717, 1.165) is 51.2 Å². The van der Waals surface area contributed by atoms with E-state index in [0.29, 0.717) is 11.5 Å². The largest absolute Gasteiger partial charge is 0.496 e. The molecule has 0 saturated carbocycles. The van der Waals surface area contributed by atoms with Gasteiger partial charge in [-0.15, -0.1) is 0 Å². The van der Waals surface area contributed by atoms with E-state index < -0.39 is 0 Å². The Bertz CT molecular complexity index is 853. The van der Waals surface area contributed by atoms with Crippen molar-refractivity contribution in [2.75, 3.05) is 40.3 Å². The number of carbonyl (C=O) groups is 2. The van der Waals surface area contributed by atoms with E-state index in [4.69, 9.17) is 4.74 Å². The van der Waals surface area contributed by atoms with Crippen molar-refractivity contribution in [3.05, 3.63) is 65.7 Å². The second-order valence-electron chi connectivity index (χ2n) is 8.43. The van der Waals surface area contributed by atoms with E-state index in [1.165, 1.54) is 5.56 Å². The molecule has 2 aromatic rings. The molecule has 1 aliphatic rings. The number of Topliss-reactive ketones (excluding diaryl/α,β-unsaturated/α-hetero) is 1. The highest BCUT2D eigenvalue weighted by Gasteiger charge is 2.23. The van der Waals surface area contributed by atoms with Gasteiger partial charge in [-0.25, -0.2) is 0 Å². The summed E-state index contributed by atoms with van der Waals surface area (Å²) < 4.78 is 5.47. The monoisotopic (exact) mass is 422 g/mol. The number of ketones is 1. The minimum absolute atomic E-state index is 0.0301. The molecule has 0 aromatic heterocycles. The maximum Gasteiger partial charge on any atom is 0.222 e. The van der Waals surface area contributed by atoms with E-state index in [2.05, 4.69) is 17.0 Å². The van der Waals surface area contributed by atoms with Crippen LogP contribution >= 0.6 is 0 Å². The van der Waals surface area contributed by atoms with Crippen molar-refractivity contribution >= 4 is 11.7 Å². The number of ether oxygens (including phenoxy) is 1. The predicted octanol–water partition coefficient (Wildman–Crippen LogP) is 4.07. The fraction of sp³-hybridized carbons (Fsp3) is 0.462. The molecule has 1 heterocycles. The Morgan fingerprint density at radius 2 is 1.81 bits per heavy atom. The topological polar surface area (TPSA) is 49.9 Å². The molecular weight excluding hydrogens is 388 g/mol. The molecule has 31 heavy (non-hydrogen) atoms. The normalized spacial score (nSPS) is 16.6. The Kier molecular flexibility index (Phi) is 8.65. The number of hydrogen-bond donors (Lipinski definition) is 0. The Morgan fingerprint density at radius 3 is 2.58 bits per heavy atom. The number of methoxy groups -OCH3 is 1. The molecule has 0 bridgehead atoms. The zero-order chi connectivity index (χ0) is 22.1. The minimum atomic E-state index is 0.0301. The summed E-state index contributed by atoms with van der Waals surface area (Å²) >= 11 is 0. The molecule has 0 spiro atoms. The summed E-state index contributed by atoms with van der Waals surface area (Å²) in [5, 5.41) is 0. The zero-order valence-electron chi connectivity index (χ0n) is 18.8. The van der Waals surface area contributed by atoms with Crippen LogP contribution in [0.3, 0.4) is 0 Å². The van der Waals surface area contributed by atoms with Gasteiger partial charge < -0.3 is 14.5 Å². The van der Waals surface area contributed by atoms with Gasteiger partial charge in [-0.1, -0.05) is 48.5 Å². The highest BCUT2D eigenvalue weighted by molar-refractivity contribution is 5.97. The predicted molar refractivity (Wildman–Crippen MR) is 124 cm³/mol. The number of hydrogen-bond acceptors (Lipinski definition) is 4. The number of para-hydroxylation sites is 1. The van der Waals surface area contributed by atoms with Crippen molar-refractivity contribution in [3.63, 3.8) is 0 Å². The number of piperidine rings is 1. The number of nitrogens with zero attached hydrogens (tertiary/aromatic N) is 2. The average Bonchev–Trinajstić information content (AvgIpc) is 2.81. The van der Waals surface area contributed by atoms with Crippen molar-refractivity contribution in [1.82, 2.24) is 9.80 Å². The first-order chi connectivity index (χ1) is 15.1. The second-order valence-corrected chi connectivity index (χ2v) is 8.43. The summed E-state index contributed by atoms with van der Waals surface area (Å²) in [6.45, 7) is 3.87. The van der Waals surface area contributed by atoms with Crippen LogP contribution in [0.25, 0.3) is 0 Å². The van der Waals surface area contributed by atoms with E-state index in [-0.39, 0.29) is 24.5 Å². The molecule has 166 valence electrons. The van der Waals surface area contributed by atoms with Crippen LogP contribution in [0.1, 0.15) is 41.6 Å². The summed E-state index contributed by atoms with van der Waals surface area (Å²) in [5.74, 6) is 1.51. The molecule has 1 aliphatic heterocycles. The van der Waals surface area contributed by atoms with Crippen molar-refractivity contribution < 1.29 is 14.3 Å². The number of benzene rings is 2. The van der Waals surface area contributed by atoms with Gasteiger partial charge in [-0.2, -0.15) is 0 Å². The van der Waals surface area contributed by atoms with Crippen LogP contribution in [-0.4, -0.2) is 61.8 Å². The van der Waals surface area contributed by atoms with E-state index >= 15 is 0 Å². The van der Waals surface area contributed by atoms with Crippen molar-refractivity contribution in [2.24, 2.45) is 5.92 Å². The Labute approximate surface area is 186 Å². The Balaban J connectivity index is 1.42. The third kappa shape index (κ3) is 6.93. The fourth-order valence-electron chi connectivity index (χ4n) is 4.36. The lowest BCUT2D eigenvalue weighted by Gasteiger charge is -2.34. The molecule has 1 unspecified atom stereocenters. The quantitative estimate of drug-likeness (QED) is 0.542. The van der Waals surface area contributed by atoms with Crippen molar-refractivity contribution in [2.45, 2.75) is 32.1 Å². The van der Waals surface area contributed by atoms with Gasteiger partial charge in [-0.05, 0) is 43.4 Å². The van der Waals surface area contributed by atoms with Crippen LogP contribution in [0.5, 0.6) is 5.75 Å². The van der Waals surface area contributed by atoms with Gasteiger partial charge in [0, 0.05) is 45.1 Å². The molecule has 0 radical (unpaired) electrons. The van der Waals surface area contributed by atoms with Gasteiger partial charge >= 0.3 is 0 Å². The molecule has 5 heteroatoms. The Hall–Kier alpha value is -2.66.